The highest BCUT2D eigenvalue weighted by atomic mass is 35.5. The third kappa shape index (κ3) is 2.85. The zero-order valence-corrected chi connectivity index (χ0v) is 12.0. The Kier molecular flexibility index (Phi) is 3.74. The van der Waals surface area contributed by atoms with Gasteiger partial charge in [-0.2, -0.15) is 4.98 Å². The van der Waals surface area contributed by atoms with Gasteiger partial charge in [0.2, 0.25) is 5.95 Å². The van der Waals surface area contributed by atoms with Crippen LogP contribution in [0.1, 0.15) is 19.3 Å². The number of rotatable bonds is 2. The number of hydrogen-bond acceptors (Lipinski definition) is 4. The second-order valence-corrected chi connectivity index (χ2v) is 5.47. The highest BCUT2D eigenvalue weighted by Crippen LogP contribution is 2.24. The Morgan fingerprint density at radius 1 is 1.00 bits per heavy atom. The van der Waals surface area contributed by atoms with Gasteiger partial charge in [0.15, 0.2) is 0 Å². The lowest BCUT2D eigenvalue weighted by Crippen LogP contribution is -2.31. The Labute approximate surface area is 123 Å². The van der Waals surface area contributed by atoms with Crippen LogP contribution < -0.4 is 10.6 Å². The van der Waals surface area contributed by atoms with Crippen molar-refractivity contribution in [1.82, 2.24) is 9.97 Å². The summed E-state index contributed by atoms with van der Waals surface area (Å²) in [5.41, 5.74) is 7.77. The summed E-state index contributed by atoms with van der Waals surface area (Å²) in [4.78, 5) is 11.2. The molecule has 2 heterocycles. The van der Waals surface area contributed by atoms with Crippen molar-refractivity contribution in [2.45, 2.75) is 19.3 Å². The van der Waals surface area contributed by atoms with Crippen molar-refractivity contribution < 1.29 is 0 Å². The van der Waals surface area contributed by atoms with Gasteiger partial charge < -0.3 is 10.6 Å². The summed E-state index contributed by atoms with van der Waals surface area (Å²) in [6, 6.07) is 9.41. The van der Waals surface area contributed by atoms with E-state index in [4.69, 9.17) is 17.3 Å². The predicted octanol–water partition coefficient (Wildman–Crippen LogP) is 3.37. The second kappa shape index (κ2) is 5.67. The minimum atomic E-state index is 0.505. The highest BCUT2D eigenvalue weighted by Gasteiger charge is 2.15. The molecule has 3 rings (SSSR count). The first-order valence-electron chi connectivity index (χ1n) is 6.88. The molecule has 0 aliphatic carbocycles. The average Bonchev–Trinajstić information content (AvgIpc) is 2.48. The molecule has 2 aromatic rings. The zero-order chi connectivity index (χ0) is 13.9. The number of aromatic nitrogens is 2. The van der Waals surface area contributed by atoms with E-state index in [1.165, 1.54) is 19.3 Å². The lowest BCUT2D eigenvalue weighted by atomic mass is 10.1. The van der Waals surface area contributed by atoms with Crippen molar-refractivity contribution in [2.24, 2.45) is 0 Å². The first-order chi connectivity index (χ1) is 9.72. The van der Waals surface area contributed by atoms with Crippen molar-refractivity contribution >= 4 is 23.4 Å². The fraction of sp³-hybridized carbons (Fsp3) is 0.333. The van der Waals surface area contributed by atoms with Gasteiger partial charge in [0.1, 0.15) is 5.82 Å². The SMILES string of the molecule is Nc1cc(-c2ccc(Cl)cc2)nc(N2CCCCC2)n1. The third-order valence-corrected chi connectivity index (χ3v) is 3.77. The van der Waals surface area contributed by atoms with Crippen LogP contribution >= 0.6 is 11.6 Å². The van der Waals surface area contributed by atoms with Crippen LogP contribution in [0.5, 0.6) is 0 Å². The van der Waals surface area contributed by atoms with E-state index < -0.39 is 0 Å². The summed E-state index contributed by atoms with van der Waals surface area (Å²) in [6.07, 6.45) is 3.66. The average molecular weight is 289 g/mol. The molecule has 1 fully saturated rings. The third-order valence-electron chi connectivity index (χ3n) is 3.51. The quantitative estimate of drug-likeness (QED) is 0.920. The van der Waals surface area contributed by atoms with E-state index in [1.807, 2.05) is 24.3 Å². The number of benzene rings is 1. The number of piperidine rings is 1. The lowest BCUT2D eigenvalue weighted by Gasteiger charge is -2.27. The molecule has 0 unspecified atom stereocenters. The maximum absolute atomic E-state index is 5.93. The van der Waals surface area contributed by atoms with Crippen LogP contribution in [0.15, 0.2) is 30.3 Å². The number of nitrogens with zero attached hydrogens (tertiary/aromatic N) is 3. The van der Waals surface area contributed by atoms with E-state index in [0.29, 0.717) is 10.8 Å². The van der Waals surface area contributed by atoms with E-state index in [0.717, 1.165) is 30.3 Å². The molecule has 4 nitrogen and oxygen atoms in total. The summed E-state index contributed by atoms with van der Waals surface area (Å²) in [5.74, 6) is 1.24. The fourth-order valence-electron chi connectivity index (χ4n) is 2.46. The Morgan fingerprint density at radius 2 is 1.70 bits per heavy atom. The van der Waals surface area contributed by atoms with Crippen LogP contribution in [-0.2, 0) is 0 Å². The van der Waals surface area contributed by atoms with Gasteiger partial charge in [0, 0.05) is 29.7 Å². The van der Waals surface area contributed by atoms with E-state index >= 15 is 0 Å². The number of hydrogen-bond donors (Lipinski definition) is 1. The van der Waals surface area contributed by atoms with Crippen LogP contribution in [0, 0.1) is 0 Å². The van der Waals surface area contributed by atoms with Crippen molar-refractivity contribution in [2.75, 3.05) is 23.7 Å². The Hall–Kier alpha value is -1.81. The zero-order valence-electron chi connectivity index (χ0n) is 11.2. The van der Waals surface area contributed by atoms with Gasteiger partial charge in [-0.05, 0) is 31.4 Å². The van der Waals surface area contributed by atoms with E-state index in [9.17, 15) is 0 Å². The number of nitrogen functional groups attached to an aromatic ring is 1. The maximum atomic E-state index is 5.93. The Balaban J connectivity index is 1.95. The summed E-state index contributed by atoms with van der Waals surface area (Å²) < 4.78 is 0. The van der Waals surface area contributed by atoms with Crippen molar-refractivity contribution in [1.29, 1.82) is 0 Å². The van der Waals surface area contributed by atoms with Crippen molar-refractivity contribution in [3.63, 3.8) is 0 Å². The van der Waals surface area contributed by atoms with Crippen LogP contribution in [0.3, 0.4) is 0 Å². The Bertz CT molecular complexity index is 591. The normalized spacial score (nSPS) is 15.3. The molecule has 0 saturated carbocycles. The van der Waals surface area contributed by atoms with E-state index in [-0.39, 0.29) is 0 Å². The molecular formula is C15H17ClN4. The maximum Gasteiger partial charge on any atom is 0.227 e. The smallest absolute Gasteiger partial charge is 0.227 e. The van der Waals surface area contributed by atoms with Crippen molar-refractivity contribution in [3.8, 4) is 11.3 Å². The van der Waals surface area contributed by atoms with Gasteiger partial charge in [0.05, 0.1) is 5.69 Å². The number of nitrogens with two attached hydrogens (primary N) is 1. The summed E-state index contributed by atoms with van der Waals surface area (Å²) in [5, 5.41) is 0.715. The van der Waals surface area contributed by atoms with Gasteiger partial charge in [-0.1, -0.05) is 23.7 Å². The number of halogens is 1. The van der Waals surface area contributed by atoms with Crippen molar-refractivity contribution in [3.05, 3.63) is 35.4 Å². The lowest BCUT2D eigenvalue weighted by molar-refractivity contribution is 0.568. The minimum absolute atomic E-state index is 0.505. The largest absolute Gasteiger partial charge is 0.384 e. The van der Waals surface area contributed by atoms with Gasteiger partial charge >= 0.3 is 0 Å². The Morgan fingerprint density at radius 3 is 2.40 bits per heavy atom. The van der Waals surface area contributed by atoms with Gasteiger partial charge in [-0.15, -0.1) is 0 Å². The first kappa shape index (κ1) is 13.2. The fourth-order valence-corrected chi connectivity index (χ4v) is 2.58. The summed E-state index contributed by atoms with van der Waals surface area (Å²) >= 11 is 5.92. The first-order valence-corrected chi connectivity index (χ1v) is 7.25. The number of anilines is 2. The molecule has 1 saturated heterocycles. The molecule has 1 aliphatic rings. The molecule has 0 radical (unpaired) electrons. The van der Waals surface area contributed by atoms with Gasteiger partial charge in [-0.25, -0.2) is 4.98 Å². The molecule has 0 amide bonds. The molecule has 2 N–H and O–H groups in total. The van der Waals surface area contributed by atoms with Gasteiger partial charge in [-0.3, -0.25) is 0 Å². The second-order valence-electron chi connectivity index (χ2n) is 5.03. The monoisotopic (exact) mass is 288 g/mol. The molecule has 104 valence electrons. The molecule has 0 atom stereocenters. The molecule has 1 aliphatic heterocycles. The predicted molar refractivity (Wildman–Crippen MR) is 83.0 cm³/mol. The summed E-state index contributed by atoms with van der Waals surface area (Å²) in [7, 11) is 0. The van der Waals surface area contributed by atoms with Crippen LogP contribution in [0.2, 0.25) is 5.02 Å². The molecule has 1 aromatic carbocycles. The minimum Gasteiger partial charge on any atom is -0.384 e. The molecule has 1 aromatic heterocycles. The standard InChI is InChI=1S/C15H17ClN4/c16-12-6-4-11(5-7-12)13-10-14(17)19-15(18-13)20-8-2-1-3-9-20/h4-7,10H,1-3,8-9H2,(H2,17,18,19). The summed E-state index contributed by atoms with van der Waals surface area (Å²) in [6.45, 7) is 2.01. The van der Waals surface area contributed by atoms with E-state index in [2.05, 4.69) is 14.9 Å². The van der Waals surface area contributed by atoms with E-state index in [1.54, 1.807) is 6.07 Å². The van der Waals surface area contributed by atoms with Crippen LogP contribution in [0.25, 0.3) is 11.3 Å². The van der Waals surface area contributed by atoms with Gasteiger partial charge in [0.25, 0.3) is 0 Å². The molecule has 20 heavy (non-hydrogen) atoms. The topological polar surface area (TPSA) is 55.0 Å². The molecule has 0 spiro atoms. The van der Waals surface area contributed by atoms with Crippen LogP contribution in [0.4, 0.5) is 11.8 Å². The van der Waals surface area contributed by atoms with Crippen LogP contribution in [-0.4, -0.2) is 23.1 Å². The highest BCUT2D eigenvalue weighted by molar-refractivity contribution is 6.30. The molecular weight excluding hydrogens is 272 g/mol. The molecule has 0 bridgehead atoms. The molecule has 5 heteroatoms.